The number of rotatable bonds is 7. The molecule has 2 aromatic rings. The van der Waals surface area contributed by atoms with E-state index in [0.29, 0.717) is 31.2 Å². The fourth-order valence-corrected chi connectivity index (χ4v) is 2.72. The summed E-state index contributed by atoms with van der Waals surface area (Å²) in [6.45, 7) is 5.84. The number of hydrogen-bond acceptors (Lipinski definition) is 2. The number of nitrogens with zero attached hydrogens (tertiary/aromatic N) is 2. The molecule has 0 atom stereocenters. The van der Waals surface area contributed by atoms with Crippen LogP contribution >= 0.6 is 24.0 Å². The molecule has 0 saturated carbocycles. The molecule has 8 heteroatoms. The van der Waals surface area contributed by atoms with Crippen molar-refractivity contribution >= 4 is 35.8 Å². The molecule has 0 unspecified atom stereocenters. The van der Waals surface area contributed by atoms with Crippen LogP contribution in [0.25, 0.3) is 0 Å². The number of aliphatic imine (C=N–C) groups is 1. The van der Waals surface area contributed by atoms with Crippen LogP contribution in [0.1, 0.15) is 35.3 Å². The molecule has 5 nitrogen and oxygen atoms in total. The van der Waals surface area contributed by atoms with E-state index >= 15 is 0 Å². The molecule has 0 radical (unpaired) electrons. The number of carbonyl (C=O) groups excluding carboxylic acids is 1. The summed E-state index contributed by atoms with van der Waals surface area (Å²) in [5.41, 5.74) is 1.84. The lowest BCUT2D eigenvalue weighted by atomic mass is 10.1. The van der Waals surface area contributed by atoms with E-state index in [1.165, 1.54) is 0 Å². The molecule has 0 fully saturated rings. The standard InChI is InChI=1S/C21H26F2N4O.HI/c1-4-27(5-2)20(28)16-8-6-15(7-9-16)13-25-21(24-3)26-14-17-12-18(22)10-11-19(17)23;/h6-12H,4-5,13-14H2,1-3H3,(H2,24,25,26);1H. The first-order valence-corrected chi connectivity index (χ1v) is 9.25. The van der Waals surface area contributed by atoms with Crippen LogP contribution < -0.4 is 10.6 Å². The third kappa shape index (κ3) is 7.26. The van der Waals surface area contributed by atoms with Gasteiger partial charge in [0.1, 0.15) is 11.6 Å². The van der Waals surface area contributed by atoms with E-state index in [0.717, 1.165) is 23.8 Å². The first kappa shape index (κ1) is 24.8. The Bertz CT molecular complexity index is 824. The molecule has 2 N–H and O–H groups in total. The first-order chi connectivity index (χ1) is 13.5. The summed E-state index contributed by atoms with van der Waals surface area (Å²) in [5, 5.41) is 6.07. The fraction of sp³-hybridized carbons (Fsp3) is 0.333. The Morgan fingerprint density at radius 2 is 1.62 bits per heavy atom. The van der Waals surface area contributed by atoms with Crippen LogP contribution in [0, 0.1) is 11.6 Å². The van der Waals surface area contributed by atoms with Gasteiger partial charge in [0.15, 0.2) is 5.96 Å². The Hall–Kier alpha value is -2.23. The summed E-state index contributed by atoms with van der Waals surface area (Å²) in [6, 6.07) is 10.7. The Labute approximate surface area is 187 Å². The predicted octanol–water partition coefficient (Wildman–Crippen LogP) is 3.93. The van der Waals surface area contributed by atoms with Gasteiger partial charge in [-0.15, -0.1) is 24.0 Å². The highest BCUT2D eigenvalue weighted by atomic mass is 127. The molecule has 2 aromatic carbocycles. The molecule has 29 heavy (non-hydrogen) atoms. The highest BCUT2D eigenvalue weighted by Gasteiger charge is 2.12. The monoisotopic (exact) mass is 516 g/mol. The SMILES string of the molecule is CCN(CC)C(=O)c1ccc(CNC(=NC)NCc2cc(F)ccc2F)cc1.I. The zero-order valence-corrected chi connectivity index (χ0v) is 19.2. The number of hydrogen-bond donors (Lipinski definition) is 2. The van der Waals surface area contributed by atoms with Gasteiger partial charge in [0, 0.05) is 44.4 Å². The van der Waals surface area contributed by atoms with Crippen molar-refractivity contribution in [1.82, 2.24) is 15.5 Å². The second kappa shape index (κ2) is 12.4. The number of guanidine groups is 1. The summed E-state index contributed by atoms with van der Waals surface area (Å²) in [4.78, 5) is 18.2. The van der Waals surface area contributed by atoms with Gasteiger partial charge in [0.2, 0.25) is 0 Å². The highest BCUT2D eigenvalue weighted by molar-refractivity contribution is 14.0. The second-order valence-electron chi connectivity index (χ2n) is 6.19. The van der Waals surface area contributed by atoms with Crippen LogP contribution in [-0.4, -0.2) is 36.9 Å². The summed E-state index contributed by atoms with van der Waals surface area (Å²) >= 11 is 0. The van der Waals surface area contributed by atoms with Crippen molar-refractivity contribution in [3.8, 4) is 0 Å². The average Bonchev–Trinajstić information content (AvgIpc) is 2.71. The van der Waals surface area contributed by atoms with E-state index in [1.807, 2.05) is 26.0 Å². The molecule has 0 aliphatic rings. The zero-order valence-electron chi connectivity index (χ0n) is 16.8. The molecule has 0 aliphatic heterocycles. The molecule has 1 amide bonds. The van der Waals surface area contributed by atoms with Crippen LogP contribution in [-0.2, 0) is 13.1 Å². The second-order valence-corrected chi connectivity index (χ2v) is 6.19. The maximum Gasteiger partial charge on any atom is 0.253 e. The Morgan fingerprint density at radius 3 is 2.21 bits per heavy atom. The van der Waals surface area contributed by atoms with Crippen LogP contribution in [0.15, 0.2) is 47.5 Å². The lowest BCUT2D eigenvalue weighted by Crippen LogP contribution is -2.36. The highest BCUT2D eigenvalue weighted by Crippen LogP contribution is 2.10. The number of carbonyl (C=O) groups is 1. The van der Waals surface area contributed by atoms with Gasteiger partial charge in [-0.3, -0.25) is 9.79 Å². The molecule has 0 aliphatic carbocycles. The minimum Gasteiger partial charge on any atom is -0.352 e. The van der Waals surface area contributed by atoms with Gasteiger partial charge in [0.05, 0.1) is 0 Å². The quantitative estimate of drug-likeness (QED) is 0.333. The van der Waals surface area contributed by atoms with E-state index in [2.05, 4.69) is 15.6 Å². The summed E-state index contributed by atoms with van der Waals surface area (Å²) < 4.78 is 26.9. The van der Waals surface area contributed by atoms with Gasteiger partial charge in [-0.05, 0) is 49.7 Å². The Kier molecular flexibility index (Phi) is 10.6. The third-order valence-corrected chi connectivity index (χ3v) is 4.39. The van der Waals surface area contributed by atoms with Crippen LogP contribution in [0.3, 0.4) is 0 Å². The minimum atomic E-state index is -0.486. The summed E-state index contributed by atoms with van der Waals surface area (Å²) in [7, 11) is 1.60. The predicted molar refractivity (Wildman–Crippen MR) is 123 cm³/mol. The maximum atomic E-state index is 13.7. The molecule has 0 heterocycles. The largest absolute Gasteiger partial charge is 0.352 e. The van der Waals surface area contributed by atoms with Crippen LogP contribution in [0.4, 0.5) is 8.78 Å². The molecule has 0 bridgehead atoms. The van der Waals surface area contributed by atoms with Crippen molar-refractivity contribution in [2.75, 3.05) is 20.1 Å². The van der Waals surface area contributed by atoms with Crippen molar-refractivity contribution < 1.29 is 13.6 Å². The fourth-order valence-electron chi connectivity index (χ4n) is 2.72. The number of amides is 1. The summed E-state index contributed by atoms with van der Waals surface area (Å²) in [5.74, 6) is -0.482. The van der Waals surface area contributed by atoms with Crippen molar-refractivity contribution in [3.63, 3.8) is 0 Å². The van der Waals surface area contributed by atoms with Crippen LogP contribution in [0.5, 0.6) is 0 Å². The molecular weight excluding hydrogens is 489 g/mol. The molecule has 158 valence electrons. The van der Waals surface area contributed by atoms with E-state index in [4.69, 9.17) is 0 Å². The van der Waals surface area contributed by atoms with Gasteiger partial charge in [-0.1, -0.05) is 12.1 Å². The number of halogens is 3. The normalized spacial score (nSPS) is 10.9. The molecule has 2 rings (SSSR count). The van der Waals surface area contributed by atoms with E-state index in [1.54, 1.807) is 24.1 Å². The van der Waals surface area contributed by atoms with Gasteiger partial charge in [-0.25, -0.2) is 8.78 Å². The first-order valence-electron chi connectivity index (χ1n) is 9.25. The Balaban J connectivity index is 0.00000420. The summed E-state index contributed by atoms with van der Waals surface area (Å²) in [6.07, 6.45) is 0. The van der Waals surface area contributed by atoms with Crippen molar-refractivity contribution in [1.29, 1.82) is 0 Å². The molecule has 0 spiro atoms. The average molecular weight is 516 g/mol. The van der Waals surface area contributed by atoms with Gasteiger partial charge < -0.3 is 15.5 Å². The Morgan fingerprint density at radius 1 is 1.00 bits per heavy atom. The lowest BCUT2D eigenvalue weighted by molar-refractivity contribution is 0.0773. The van der Waals surface area contributed by atoms with Crippen LogP contribution in [0.2, 0.25) is 0 Å². The molecule has 0 aromatic heterocycles. The maximum absolute atomic E-state index is 13.7. The zero-order chi connectivity index (χ0) is 20.5. The number of benzene rings is 2. The molecule has 0 saturated heterocycles. The van der Waals surface area contributed by atoms with E-state index in [-0.39, 0.29) is 42.0 Å². The van der Waals surface area contributed by atoms with E-state index in [9.17, 15) is 13.6 Å². The number of nitrogens with one attached hydrogen (secondary N) is 2. The van der Waals surface area contributed by atoms with Gasteiger partial charge >= 0.3 is 0 Å². The minimum absolute atomic E-state index is 0. The third-order valence-electron chi connectivity index (χ3n) is 4.39. The lowest BCUT2D eigenvalue weighted by Gasteiger charge is -2.18. The van der Waals surface area contributed by atoms with Gasteiger partial charge in [-0.2, -0.15) is 0 Å². The van der Waals surface area contributed by atoms with Crippen molar-refractivity contribution in [2.24, 2.45) is 4.99 Å². The van der Waals surface area contributed by atoms with Crippen molar-refractivity contribution in [2.45, 2.75) is 26.9 Å². The van der Waals surface area contributed by atoms with Crippen molar-refractivity contribution in [3.05, 3.63) is 70.8 Å². The topological polar surface area (TPSA) is 56.7 Å². The van der Waals surface area contributed by atoms with E-state index < -0.39 is 11.6 Å². The smallest absolute Gasteiger partial charge is 0.253 e. The van der Waals surface area contributed by atoms with Gasteiger partial charge in [0.25, 0.3) is 5.91 Å². The molecular formula is C21H27F2IN4O.